The first kappa shape index (κ1) is 30.0. The van der Waals surface area contributed by atoms with Gasteiger partial charge in [-0.2, -0.15) is 6.07 Å². The van der Waals surface area contributed by atoms with Crippen molar-refractivity contribution in [3.05, 3.63) is 138 Å². The van der Waals surface area contributed by atoms with E-state index in [9.17, 15) is 0 Å². The molecule has 6 heteroatoms. The SMILES string of the molecule is Cc1cc(C)c(N2C=CN(c3[c-]c(N4[CH-]N(c5c(C)cc(C)cc5C)c5ccccc54)ccc3)[CH-]2)c(C)c1.[C-]#N.[Pt+4]. The average Bonchev–Trinajstić information content (AvgIpc) is 3.55. The largest absolute Gasteiger partial charge is 4.00 e. The number of para-hydroxylation sites is 2. The number of nitrogens with zero attached hydrogens (tertiary/aromatic N) is 5. The minimum absolute atomic E-state index is 0. The Labute approximate surface area is 259 Å². The van der Waals surface area contributed by atoms with E-state index in [1.165, 1.54) is 50.4 Å². The topological polar surface area (TPSA) is 36.8 Å². The van der Waals surface area contributed by atoms with Crippen LogP contribution in [-0.2, 0) is 21.1 Å². The standard InChI is InChI=1S/C34H33N4.CN.Pt/c1-23-16-25(3)33(26(4)17-23)36-15-14-35(21-36)29-10-9-11-30(20-29)37-22-38(32-13-8-7-12-31(32)37)34-27(5)18-24(2)19-28(34)6;1-2;/h7-19,21-22H,1-6H3;;/q-3;-1;+4. The summed E-state index contributed by atoms with van der Waals surface area (Å²) in [6.45, 7) is 22.1. The zero-order valence-electron chi connectivity index (χ0n) is 24.2. The molecule has 2 aliphatic rings. The molecular formula is C35H33N5Pt. The van der Waals surface area contributed by atoms with Crippen LogP contribution in [0.4, 0.5) is 34.1 Å². The normalized spacial score (nSPS) is 13.6. The van der Waals surface area contributed by atoms with E-state index in [4.69, 9.17) is 11.8 Å². The van der Waals surface area contributed by atoms with Gasteiger partial charge in [0.1, 0.15) is 0 Å². The summed E-state index contributed by atoms with van der Waals surface area (Å²) in [5, 5.41) is 6.25. The molecule has 0 unspecified atom stereocenters. The predicted octanol–water partition coefficient (Wildman–Crippen LogP) is 8.76. The van der Waals surface area contributed by atoms with Gasteiger partial charge in [0.25, 0.3) is 0 Å². The summed E-state index contributed by atoms with van der Waals surface area (Å²) >= 11 is 0. The summed E-state index contributed by atoms with van der Waals surface area (Å²) in [5.41, 5.74) is 14.4. The number of aryl methyl sites for hydroxylation is 6. The van der Waals surface area contributed by atoms with Crippen LogP contribution in [0.25, 0.3) is 0 Å². The van der Waals surface area contributed by atoms with Gasteiger partial charge in [-0.1, -0.05) is 47.5 Å². The number of fused-ring (bicyclic) bond motifs is 1. The molecule has 0 amide bonds. The summed E-state index contributed by atoms with van der Waals surface area (Å²) in [5.74, 6) is 0. The van der Waals surface area contributed by atoms with Crippen molar-refractivity contribution in [3.63, 3.8) is 0 Å². The number of anilines is 6. The van der Waals surface area contributed by atoms with E-state index in [1.807, 2.05) is 0 Å². The van der Waals surface area contributed by atoms with E-state index in [0.29, 0.717) is 0 Å². The smallest absolute Gasteiger partial charge is 0.512 e. The van der Waals surface area contributed by atoms with Crippen molar-refractivity contribution < 1.29 is 21.1 Å². The monoisotopic (exact) mass is 718 g/mol. The van der Waals surface area contributed by atoms with Gasteiger partial charge >= 0.3 is 21.1 Å². The maximum absolute atomic E-state index is 6.25. The number of hydrogen-bond donors (Lipinski definition) is 0. The third-order valence-corrected chi connectivity index (χ3v) is 7.34. The van der Waals surface area contributed by atoms with Crippen LogP contribution in [0.3, 0.4) is 0 Å². The maximum atomic E-state index is 6.25. The summed E-state index contributed by atoms with van der Waals surface area (Å²) in [4.78, 5) is 8.89. The van der Waals surface area contributed by atoms with Gasteiger partial charge in [-0.15, -0.1) is 42.9 Å². The van der Waals surface area contributed by atoms with Crippen LogP contribution in [-0.4, -0.2) is 0 Å². The molecule has 2 heterocycles. The molecule has 41 heavy (non-hydrogen) atoms. The molecule has 6 rings (SSSR count). The molecule has 0 saturated carbocycles. The minimum Gasteiger partial charge on any atom is -0.512 e. The first-order valence-corrected chi connectivity index (χ1v) is 13.3. The second-order valence-electron chi connectivity index (χ2n) is 10.5. The molecule has 5 nitrogen and oxygen atoms in total. The quantitative estimate of drug-likeness (QED) is 0.197. The number of benzene rings is 4. The molecule has 0 aliphatic carbocycles. The fourth-order valence-corrected chi connectivity index (χ4v) is 5.98. The van der Waals surface area contributed by atoms with Gasteiger partial charge in [0.05, 0.1) is 0 Å². The minimum atomic E-state index is 0. The van der Waals surface area contributed by atoms with Crippen molar-refractivity contribution >= 4 is 34.1 Å². The molecule has 0 fully saturated rings. The first-order valence-electron chi connectivity index (χ1n) is 13.3. The third kappa shape index (κ3) is 5.63. The van der Waals surface area contributed by atoms with Crippen LogP contribution in [0.5, 0.6) is 0 Å². The first-order chi connectivity index (χ1) is 19.3. The maximum Gasteiger partial charge on any atom is 4.00 e. The fourth-order valence-electron chi connectivity index (χ4n) is 5.98. The summed E-state index contributed by atoms with van der Waals surface area (Å²) < 4.78 is 0. The van der Waals surface area contributed by atoms with Gasteiger partial charge in [0.15, 0.2) is 0 Å². The van der Waals surface area contributed by atoms with Crippen LogP contribution in [0.15, 0.2) is 79.1 Å². The van der Waals surface area contributed by atoms with Crippen molar-refractivity contribution in [2.24, 2.45) is 0 Å². The predicted molar refractivity (Wildman–Crippen MR) is 165 cm³/mol. The van der Waals surface area contributed by atoms with Crippen molar-refractivity contribution in [3.8, 4) is 0 Å². The van der Waals surface area contributed by atoms with Gasteiger partial charge in [-0.05, 0) is 88.3 Å². The molecule has 4 aromatic carbocycles. The van der Waals surface area contributed by atoms with E-state index >= 15 is 0 Å². The number of rotatable bonds is 4. The van der Waals surface area contributed by atoms with E-state index in [1.54, 1.807) is 0 Å². The van der Waals surface area contributed by atoms with E-state index in [0.717, 1.165) is 17.1 Å². The molecule has 208 valence electrons. The summed E-state index contributed by atoms with van der Waals surface area (Å²) in [6.07, 6.45) is 4.22. The fraction of sp³-hybridized carbons (Fsp3) is 0.171. The van der Waals surface area contributed by atoms with Crippen molar-refractivity contribution in [1.82, 2.24) is 0 Å². The Hall–Kier alpha value is -4.00. The van der Waals surface area contributed by atoms with Crippen molar-refractivity contribution in [2.75, 3.05) is 19.6 Å². The van der Waals surface area contributed by atoms with Gasteiger partial charge in [-0.25, -0.2) is 0 Å². The molecular weight excluding hydrogens is 685 g/mol. The molecule has 0 saturated heterocycles. The Kier molecular flexibility index (Phi) is 8.95. The van der Waals surface area contributed by atoms with Gasteiger partial charge in [0.2, 0.25) is 0 Å². The molecule has 0 radical (unpaired) electrons. The molecule has 2 aliphatic heterocycles. The Morgan fingerprint density at radius 1 is 0.585 bits per heavy atom. The summed E-state index contributed by atoms with van der Waals surface area (Å²) in [7, 11) is 0. The van der Waals surface area contributed by atoms with E-state index in [-0.39, 0.29) is 21.1 Å². The molecule has 0 N–H and O–H groups in total. The third-order valence-electron chi connectivity index (χ3n) is 7.34. The van der Waals surface area contributed by atoms with Crippen LogP contribution in [0.1, 0.15) is 33.4 Å². The molecule has 0 atom stereocenters. The Balaban J connectivity index is 0.00000126. The Bertz CT molecular complexity index is 1580. The van der Waals surface area contributed by atoms with Gasteiger partial charge in [0, 0.05) is 22.7 Å². The van der Waals surface area contributed by atoms with Gasteiger partial charge < -0.3 is 31.4 Å². The second kappa shape index (κ2) is 12.2. The van der Waals surface area contributed by atoms with Crippen LogP contribution < -0.4 is 19.6 Å². The zero-order chi connectivity index (χ0) is 28.6. The molecule has 0 spiro atoms. The molecule has 0 aromatic heterocycles. The van der Waals surface area contributed by atoms with E-state index in [2.05, 4.69) is 160 Å². The Morgan fingerprint density at radius 2 is 1.07 bits per heavy atom. The molecule has 4 aromatic rings. The van der Waals surface area contributed by atoms with E-state index < -0.39 is 0 Å². The van der Waals surface area contributed by atoms with Crippen LogP contribution >= 0.6 is 0 Å². The summed E-state index contributed by atoms with van der Waals surface area (Å²) in [6, 6.07) is 27.6. The number of hydrogen-bond acceptors (Lipinski definition) is 5. The second-order valence-corrected chi connectivity index (χ2v) is 10.5. The van der Waals surface area contributed by atoms with Crippen molar-refractivity contribution in [2.45, 2.75) is 41.5 Å². The zero-order valence-corrected chi connectivity index (χ0v) is 26.5. The molecule has 0 bridgehead atoms. The van der Waals surface area contributed by atoms with Gasteiger partial charge in [-0.3, -0.25) is 0 Å². The Morgan fingerprint density at radius 3 is 1.66 bits per heavy atom. The van der Waals surface area contributed by atoms with Crippen LogP contribution in [0.2, 0.25) is 0 Å². The van der Waals surface area contributed by atoms with Crippen molar-refractivity contribution in [1.29, 1.82) is 5.26 Å². The average molecular weight is 719 g/mol. The van der Waals surface area contributed by atoms with Crippen LogP contribution in [0, 0.1) is 72.8 Å².